The van der Waals surface area contributed by atoms with E-state index in [0.717, 1.165) is 39.0 Å². The summed E-state index contributed by atoms with van der Waals surface area (Å²) in [5.74, 6) is 0. The van der Waals surface area contributed by atoms with Gasteiger partial charge in [-0.2, -0.15) is 0 Å². The van der Waals surface area contributed by atoms with Gasteiger partial charge < -0.3 is 9.32 Å². The Morgan fingerprint density at radius 1 is 0.426 bits per heavy atom. The number of furan rings is 1. The van der Waals surface area contributed by atoms with Gasteiger partial charge in [-0.3, -0.25) is 0 Å². The maximum Gasteiger partial charge on any atom is 0.137 e. The van der Waals surface area contributed by atoms with E-state index in [0.29, 0.717) is 0 Å². The minimum absolute atomic E-state index is 0.883. The molecule has 0 fully saturated rings. The average Bonchev–Trinajstić information content (AvgIpc) is 3.51. The largest absolute Gasteiger partial charge is 0.456 e. The molecule has 0 amide bonds. The lowest BCUT2D eigenvalue weighted by Crippen LogP contribution is -2.10. The molecule has 0 spiro atoms. The highest BCUT2D eigenvalue weighted by Gasteiger charge is 2.20. The number of anilines is 3. The minimum atomic E-state index is 0.883. The Morgan fingerprint density at radius 3 is 1.83 bits per heavy atom. The van der Waals surface area contributed by atoms with Gasteiger partial charge in [0.25, 0.3) is 0 Å². The highest BCUT2D eigenvalue weighted by Crippen LogP contribution is 2.44. The zero-order valence-electron chi connectivity index (χ0n) is 26.0. The summed E-state index contributed by atoms with van der Waals surface area (Å²) in [4.78, 5) is 2.36. The summed E-state index contributed by atoms with van der Waals surface area (Å²) < 4.78 is 6.40. The second kappa shape index (κ2) is 11.0. The van der Waals surface area contributed by atoms with Gasteiger partial charge in [0.05, 0.1) is 11.1 Å². The van der Waals surface area contributed by atoms with Gasteiger partial charge in [0.15, 0.2) is 0 Å². The first-order chi connectivity index (χ1) is 23.2. The zero-order valence-corrected chi connectivity index (χ0v) is 26.0. The summed E-state index contributed by atoms with van der Waals surface area (Å²) >= 11 is 0. The average molecular weight is 602 g/mol. The van der Waals surface area contributed by atoms with Crippen molar-refractivity contribution in [1.29, 1.82) is 0 Å². The van der Waals surface area contributed by atoms with Crippen LogP contribution in [0.25, 0.3) is 65.7 Å². The molecule has 8 aromatic carbocycles. The van der Waals surface area contributed by atoms with Gasteiger partial charge >= 0.3 is 0 Å². The first-order valence-corrected chi connectivity index (χ1v) is 16.1. The van der Waals surface area contributed by atoms with Crippen LogP contribution in [-0.4, -0.2) is 0 Å². The van der Waals surface area contributed by atoms with E-state index in [4.69, 9.17) is 4.42 Å². The molecule has 0 N–H and O–H groups in total. The number of hydrogen-bond acceptors (Lipinski definition) is 2. The van der Waals surface area contributed by atoms with Crippen LogP contribution in [0.2, 0.25) is 0 Å². The Labute approximate surface area is 273 Å². The molecule has 2 heteroatoms. The standard InChI is InChI=1S/C45H31NO/c1-30-18-27-40-44(28-30)47-43-17-9-16-42(45(40)43)46(35-23-19-32(20-24-35)31-10-3-2-4-11-31)36-25-21-33(22-26-36)41-29-34-12-5-6-13-37(34)38-14-7-8-15-39(38)41/h2-29H,1H3. The normalized spacial score (nSPS) is 11.5. The van der Waals surface area contributed by atoms with Crippen LogP contribution in [0.5, 0.6) is 0 Å². The van der Waals surface area contributed by atoms with E-state index >= 15 is 0 Å². The van der Waals surface area contributed by atoms with E-state index in [2.05, 4.69) is 182 Å². The fourth-order valence-corrected chi connectivity index (χ4v) is 7.04. The fraction of sp³-hybridized carbons (Fsp3) is 0.0222. The second-order valence-corrected chi connectivity index (χ2v) is 12.2. The van der Waals surface area contributed by atoms with E-state index in [1.807, 2.05) is 0 Å². The van der Waals surface area contributed by atoms with Gasteiger partial charge in [-0.05, 0) is 105 Å². The molecule has 222 valence electrons. The molecule has 0 radical (unpaired) electrons. The summed E-state index contributed by atoms with van der Waals surface area (Å²) in [6.07, 6.45) is 0. The predicted octanol–water partition coefficient (Wildman–Crippen LogP) is 13.0. The molecule has 9 aromatic rings. The Kier molecular flexibility index (Phi) is 6.39. The molecule has 0 aliphatic heterocycles. The fourth-order valence-electron chi connectivity index (χ4n) is 7.04. The van der Waals surface area contributed by atoms with Crippen molar-refractivity contribution < 1.29 is 4.42 Å². The number of rotatable bonds is 5. The first kappa shape index (κ1) is 27.2. The van der Waals surface area contributed by atoms with E-state index in [1.54, 1.807) is 0 Å². The van der Waals surface area contributed by atoms with Crippen LogP contribution in [-0.2, 0) is 0 Å². The van der Waals surface area contributed by atoms with Crippen LogP contribution in [0.3, 0.4) is 0 Å². The number of fused-ring (bicyclic) bond motifs is 6. The third kappa shape index (κ3) is 4.65. The summed E-state index contributed by atoms with van der Waals surface area (Å²) in [5, 5.41) is 7.30. The van der Waals surface area contributed by atoms with Gasteiger partial charge in [-0.15, -0.1) is 0 Å². The van der Waals surface area contributed by atoms with Crippen LogP contribution in [0, 0.1) is 6.92 Å². The van der Waals surface area contributed by atoms with Gasteiger partial charge in [0.2, 0.25) is 0 Å². The molecule has 9 rings (SSSR count). The molecular weight excluding hydrogens is 571 g/mol. The maximum atomic E-state index is 6.40. The minimum Gasteiger partial charge on any atom is -0.456 e. The van der Waals surface area contributed by atoms with Crippen molar-refractivity contribution in [3.63, 3.8) is 0 Å². The summed E-state index contributed by atoms with van der Waals surface area (Å²) in [7, 11) is 0. The van der Waals surface area contributed by atoms with E-state index in [1.165, 1.54) is 49.4 Å². The molecule has 0 unspecified atom stereocenters. The third-order valence-electron chi connectivity index (χ3n) is 9.31. The van der Waals surface area contributed by atoms with E-state index in [-0.39, 0.29) is 0 Å². The van der Waals surface area contributed by atoms with Crippen LogP contribution in [0.4, 0.5) is 17.1 Å². The predicted molar refractivity (Wildman–Crippen MR) is 199 cm³/mol. The van der Waals surface area contributed by atoms with Crippen molar-refractivity contribution in [2.45, 2.75) is 6.92 Å². The first-order valence-electron chi connectivity index (χ1n) is 16.1. The Morgan fingerprint density at radius 2 is 1.06 bits per heavy atom. The van der Waals surface area contributed by atoms with E-state index < -0.39 is 0 Å². The highest BCUT2D eigenvalue weighted by molar-refractivity contribution is 6.15. The monoisotopic (exact) mass is 601 g/mol. The van der Waals surface area contributed by atoms with Crippen LogP contribution in [0.15, 0.2) is 174 Å². The van der Waals surface area contributed by atoms with Crippen molar-refractivity contribution in [2.75, 3.05) is 4.90 Å². The second-order valence-electron chi connectivity index (χ2n) is 12.2. The molecule has 0 saturated carbocycles. The number of hydrogen-bond donors (Lipinski definition) is 0. The molecule has 2 nitrogen and oxygen atoms in total. The van der Waals surface area contributed by atoms with Crippen LogP contribution < -0.4 is 4.90 Å². The van der Waals surface area contributed by atoms with Crippen molar-refractivity contribution in [3.05, 3.63) is 175 Å². The van der Waals surface area contributed by atoms with Crippen molar-refractivity contribution in [3.8, 4) is 22.3 Å². The smallest absolute Gasteiger partial charge is 0.137 e. The molecule has 0 bridgehead atoms. The third-order valence-corrected chi connectivity index (χ3v) is 9.31. The highest BCUT2D eigenvalue weighted by atomic mass is 16.3. The molecular formula is C45H31NO. The van der Waals surface area contributed by atoms with Crippen molar-refractivity contribution >= 4 is 60.5 Å². The molecule has 1 aromatic heterocycles. The maximum absolute atomic E-state index is 6.40. The molecule has 1 heterocycles. The Balaban J connectivity index is 1.22. The number of benzene rings is 8. The lowest BCUT2D eigenvalue weighted by molar-refractivity contribution is 0.668. The molecule has 47 heavy (non-hydrogen) atoms. The Bertz CT molecular complexity index is 2560. The molecule has 0 saturated heterocycles. The summed E-state index contributed by atoms with van der Waals surface area (Å²) in [5.41, 5.74) is 11.1. The van der Waals surface area contributed by atoms with Crippen molar-refractivity contribution in [1.82, 2.24) is 0 Å². The SMILES string of the molecule is Cc1ccc2c(c1)oc1cccc(N(c3ccc(-c4ccccc4)cc3)c3ccc(-c4cc5ccccc5c5ccccc45)cc3)c12. The molecule has 0 aliphatic carbocycles. The lowest BCUT2D eigenvalue weighted by atomic mass is 9.93. The molecule has 0 aliphatic rings. The topological polar surface area (TPSA) is 16.4 Å². The van der Waals surface area contributed by atoms with Crippen LogP contribution in [0.1, 0.15) is 5.56 Å². The van der Waals surface area contributed by atoms with Gasteiger partial charge in [-0.1, -0.05) is 121 Å². The lowest BCUT2D eigenvalue weighted by Gasteiger charge is -2.27. The quantitative estimate of drug-likeness (QED) is 0.182. The van der Waals surface area contributed by atoms with Crippen LogP contribution >= 0.6 is 0 Å². The van der Waals surface area contributed by atoms with Gasteiger partial charge in [-0.25, -0.2) is 0 Å². The van der Waals surface area contributed by atoms with E-state index in [9.17, 15) is 0 Å². The zero-order chi connectivity index (χ0) is 31.3. The molecule has 0 atom stereocenters. The van der Waals surface area contributed by atoms with Gasteiger partial charge in [0.1, 0.15) is 11.2 Å². The van der Waals surface area contributed by atoms with Gasteiger partial charge in [0, 0.05) is 16.8 Å². The number of nitrogens with zero attached hydrogens (tertiary/aromatic N) is 1. The van der Waals surface area contributed by atoms with Crippen molar-refractivity contribution in [2.24, 2.45) is 0 Å². The number of aryl methyl sites for hydroxylation is 1. The summed E-state index contributed by atoms with van der Waals surface area (Å²) in [6, 6.07) is 61.0. The summed E-state index contributed by atoms with van der Waals surface area (Å²) in [6.45, 7) is 2.11. The Hall–Kier alpha value is -6.12.